The second kappa shape index (κ2) is 14.7. The minimum atomic E-state index is -3.70. The van der Waals surface area contributed by atoms with Crippen LogP contribution in [0.2, 0.25) is 0 Å². The van der Waals surface area contributed by atoms with Gasteiger partial charge in [-0.2, -0.15) is 0 Å². The van der Waals surface area contributed by atoms with Crippen molar-refractivity contribution >= 4 is 21.7 Å². The molecule has 0 radical (unpaired) electrons. The van der Waals surface area contributed by atoms with Gasteiger partial charge in [-0.15, -0.1) is 0 Å². The molecule has 6 N–H and O–H groups in total. The zero-order valence-corrected chi connectivity index (χ0v) is 24.3. The number of amides is 1. The third-order valence-corrected chi connectivity index (χ3v) is 8.16. The predicted molar refractivity (Wildman–Crippen MR) is 164 cm³/mol. The Hall–Kier alpha value is -4.09. The lowest BCUT2D eigenvalue weighted by Crippen LogP contribution is -2.32. The van der Waals surface area contributed by atoms with E-state index in [4.69, 9.17) is 5.73 Å². The maximum absolute atomic E-state index is 12.8. The number of aliphatic hydroxyl groups excluding tert-OH is 1. The summed E-state index contributed by atoms with van der Waals surface area (Å²) in [6, 6.07) is 27.2. The number of nitrogens with two attached hydrogens (primary N) is 1. The quantitative estimate of drug-likeness (QED) is 0.152. The van der Waals surface area contributed by atoms with E-state index in [1.807, 2.05) is 61.5 Å². The van der Waals surface area contributed by atoms with Gasteiger partial charge in [0.2, 0.25) is 15.9 Å². The molecule has 1 heterocycles. The molecule has 4 aromatic rings. The van der Waals surface area contributed by atoms with Crippen LogP contribution < -0.4 is 21.1 Å². The van der Waals surface area contributed by atoms with Crippen LogP contribution >= 0.6 is 0 Å². The normalized spacial score (nSPS) is 12.9. The molecule has 9 nitrogen and oxygen atoms in total. The highest BCUT2D eigenvalue weighted by atomic mass is 32.2. The van der Waals surface area contributed by atoms with E-state index < -0.39 is 16.1 Å². The predicted octanol–water partition coefficient (Wildman–Crippen LogP) is 3.26. The Morgan fingerprint density at radius 1 is 0.881 bits per heavy atom. The fourth-order valence-electron chi connectivity index (χ4n) is 4.47. The molecule has 0 aliphatic rings. The molecule has 0 fully saturated rings. The van der Waals surface area contributed by atoms with Crippen molar-refractivity contribution in [2.45, 2.75) is 49.9 Å². The molecule has 0 bridgehead atoms. The zero-order valence-electron chi connectivity index (χ0n) is 23.5. The molecule has 0 saturated carbocycles. The van der Waals surface area contributed by atoms with Gasteiger partial charge in [0, 0.05) is 37.4 Å². The number of carbonyl (C=O) groups excluding carboxylic acids is 1. The van der Waals surface area contributed by atoms with E-state index in [2.05, 4.69) is 20.3 Å². The minimum absolute atomic E-state index is 0.0937. The van der Waals surface area contributed by atoms with E-state index >= 15 is 0 Å². The first-order valence-electron chi connectivity index (χ1n) is 13.8. The van der Waals surface area contributed by atoms with Gasteiger partial charge in [0.15, 0.2) is 0 Å². The third kappa shape index (κ3) is 9.49. The number of hydrogen-bond acceptors (Lipinski definition) is 7. The number of pyridine rings is 1. The lowest BCUT2D eigenvalue weighted by molar-refractivity contribution is -0.120. The second-order valence-electron chi connectivity index (χ2n) is 10.3. The van der Waals surface area contributed by atoms with E-state index in [1.54, 1.807) is 36.5 Å². The third-order valence-electron chi connectivity index (χ3n) is 6.76. The lowest BCUT2D eigenvalue weighted by atomic mass is 10.0. The topological polar surface area (TPSA) is 146 Å². The number of sulfonamides is 1. The van der Waals surface area contributed by atoms with E-state index in [1.165, 1.54) is 6.07 Å². The Balaban J connectivity index is 1.25. The fraction of sp³-hybridized carbons (Fsp3) is 0.250. The van der Waals surface area contributed by atoms with Crippen molar-refractivity contribution in [1.82, 2.24) is 20.3 Å². The summed E-state index contributed by atoms with van der Waals surface area (Å²) in [5.74, 6) is 0.252. The van der Waals surface area contributed by atoms with Crippen LogP contribution in [0.4, 0.5) is 5.82 Å². The number of aliphatic hydroxyl groups is 1. The van der Waals surface area contributed by atoms with Crippen LogP contribution in [0.1, 0.15) is 40.8 Å². The summed E-state index contributed by atoms with van der Waals surface area (Å²) in [6.45, 7) is 2.83. The Morgan fingerprint density at radius 3 is 2.36 bits per heavy atom. The fourth-order valence-corrected chi connectivity index (χ4v) is 5.55. The van der Waals surface area contributed by atoms with Crippen LogP contribution in [-0.4, -0.2) is 37.0 Å². The lowest BCUT2D eigenvalue weighted by Gasteiger charge is -2.18. The Morgan fingerprint density at radius 2 is 1.60 bits per heavy atom. The first kappa shape index (κ1) is 30.9. The van der Waals surface area contributed by atoms with E-state index in [-0.39, 0.29) is 36.4 Å². The number of nitrogen functional groups attached to an aromatic ring is 1. The highest BCUT2D eigenvalue weighted by molar-refractivity contribution is 7.89. The minimum Gasteiger partial charge on any atom is -0.387 e. The van der Waals surface area contributed by atoms with Gasteiger partial charge in [0.1, 0.15) is 5.82 Å². The van der Waals surface area contributed by atoms with Gasteiger partial charge in [-0.05, 0) is 53.8 Å². The number of nitrogens with zero attached hydrogens (tertiary/aromatic N) is 1. The van der Waals surface area contributed by atoms with Crippen LogP contribution in [0.5, 0.6) is 0 Å². The van der Waals surface area contributed by atoms with Crippen molar-refractivity contribution in [3.05, 3.63) is 125 Å². The van der Waals surface area contributed by atoms with Gasteiger partial charge in [-0.25, -0.2) is 18.1 Å². The molecule has 220 valence electrons. The van der Waals surface area contributed by atoms with Crippen molar-refractivity contribution in [2.75, 3.05) is 12.3 Å². The number of anilines is 1. The summed E-state index contributed by atoms with van der Waals surface area (Å²) in [5, 5.41) is 16.6. The molecule has 3 aromatic carbocycles. The summed E-state index contributed by atoms with van der Waals surface area (Å²) >= 11 is 0. The first-order valence-corrected chi connectivity index (χ1v) is 15.3. The number of benzene rings is 3. The standard InChI is InChI=1S/C32H37N5O4S/c1-23(34-22-30(38)28-13-14-31(33)35-21-28)15-25-9-5-10-26(16-25)18-32(39)36-19-27-11-6-12-29(17-27)42(40,41)37-20-24-7-3-2-4-8-24/h2-14,16-17,21,23,30,34,37-38H,15,18-20,22H2,1H3,(H2,33,35)(H,36,39)/t23-,30-/m1/s1. The van der Waals surface area contributed by atoms with Crippen molar-refractivity contribution < 1.29 is 18.3 Å². The SMILES string of the molecule is C[C@H](Cc1cccc(CC(=O)NCc2cccc(S(=O)(=O)NCc3ccccc3)c2)c1)NC[C@@H](O)c1ccc(N)nc1. The Bertz CT molecular complexity index is 1560. The van der Waals surface area contributed by atoms with E-state index in [0.29, 0.717) is 23.5 Å². The Kier molecular flexibility index (Phi) is 10.8. The van der Waals surface area contributed by atoms with Gasteiger partial charge in [-0.1, -0.05) is 72.8 Å². The average Bonchev–Trinajstić information content (AvgIpc) is 2.99. The summed E-state index contributed by atoms with van der Waals surface area (Å²) in [5.41, 5.74) is 9.82. The zero-order chi connectivity index (χ0) is 30.0. The monoisotopic (exact) mass is 587 g/mol. The van der Waals surface area contributed by atoms with Gasteiger partial charge in [0.25, 0.3) is 0 Å². The molecule has 1 aromatic heterocycles. The highest BCUT2D eigenvalue weighted by Crippen LogP contribution is 2.15. The molecule has 42 heavy (non-hydrogen) atoms. The van der Waals surface area contributed by atoms with E-state index in [9.17, 15) is 18.3 Å². The van der Waals surface area contributed by atoms with Crippen LogP contribution in [0.3, 0.4) is 0 Å². The molecule has 0 saturated heterocycles. The van der Waals surface area contributed by atoms with Crippen molar-refractivity contribution in [3.8, 4) is 0 Å². The summed E-state index contributed by atoms with van der Waals surface area (Å²) in [6.07, 6.45) is 1.81. The van der Waals surface area contributed by atoms with Crippen LogP contribution in [-0.2, 0) is 40.7 Å². The number of aromatic nitrogens is 1. The number of carbonyl (C=O) groups is 1. The number of hydrogen-bond donors (Lipinski definition) is 5. The van der Waals surface area contributed by atoms with Crippen molar-refractivity contribution in [3.63, 3.8) is 0 Å². The van der Waals surface area contributed by atoms with Gasteiger partial charge in [-0.3, -0.25) is 4.79 Å². The average molecular weight is 588 g/mol. The molecule has 0 spiro atoms. The van der Waals surface area contributed by atoms with Crippen molar-refractivity contribution in [1.29, 1.82) is 0 Å². The maximum atomic E-state index is 12.8. The van der Waals surface area contributed by atoms with E-state index in [0.717, 1.165) is 23.1 Å². The highest BCUT2D eigenvalue weighted by Gasteiger charge is 2.15. The molecule has 2 atom stereocenters. The molecule has 10 heteroatoms. The largest absolute Gasteiger partial charge is 0.387 e. The van der Waals surface area contributed by atoms with Crippen LogP contribution in [0, 0.1) is 0 Å². The number of rotatable bonds is 14. The first-order chi connectivity index (χ1) is 20.2. The molecular weight excluding hydrogens is 550 g/mol. The Labute approximate surface area is 247 Å². The van der Waals surface area contributed by atoms with Crippen molar-refractivity contribution in [2.24, 2.45) is 0 Å². The van der Waals surface area contributed by atoms with Crippen LogP contribution in [0.15, 0.2) is 102 Å². The van der Waals surface area contributed by atoms with Gasteiger partial charge >= 0.3 is 0 Å². The molecular formula is C32H37N5O4S. The van der Waals surface area contributed by atoms with Crippen LogP contribution in [0.25, 0.3) is 0 Å². The summed E-state index contributed by atoms with van der Waals surface area (Å²) in [4.78, 5) is 16.9. The summed E-state index contributed by atoms with van der Waals surface area (Å²) < 4.78 is 28.2. The number of nitrogens with one attached hydrogen (secondary N) is 3. The molecule has 0 unspecified atom stereocenters. The molecule has 1 amide bonds. The van der Waals surface area contributed by atoms with Gasteiger partial charge in [0.05, 0.1) is 17.4 Å². The molecule has 4 rings (SSSR count). The maximum Gasteiger partial charge on any atom is 0.240 e. The summed E-state index contributed by atoms with van der Waals surface area (Å²) in [7, 11) is -3.70. The molecule has 0 aliphatic heterocycles. The molecule has 0 aliphatic carbocycles. The second-order valence-corrected chi connectivity index (χ2v) is 12.0. The smallest absolute Gasteiger partial charge is 0.240 e. The van der Waals surface area contributed by atoms with Gasteiger partial charge < -0.3 is 21.5 Å².